The Hall–Kier alpha value is -3.28. The van der Waals surface area contributed by atoms with Gasteiger partial charge in [0.25, 0.3) is 11.6 Å². The van der Waals surface area contributed by atoms with Crippen molar-refractivity contribution in [2.75, 3.05) is 0 Å². The molecule has 23 heavy (non-hydrogen) atoms. The van der Waals surface area contributed by atoms with E-state index in [1.807, 2.05) is 24.3 Å². The fourth-order valence-electron chi connectivity index (χ4n) is 2.37. The van der Waals surface area contributed by atoms with Crippen LogP contribution in [0.3, 0.4) is 0 Å². The second-order valence-corrected chi connectivity index (χ2v) is 5.00. The third-order valence-corrected chi connectivity index (χ3v) is 3.47. The van der Waals surface area contributed by atoms with Crippen LogP contribution >= 0.6 is 0 Å². The van der Waals surface area contributed by atoms with Crippen molar-refractivity contribution in [1.29, 1.82) is 0 Å². The third kappa shape index (κ3) is 2.87. The first-order chi connectivity index (χ1) is 11.1. The molecule has 0 fully saturated rings. The SMILES string of the molecule is Cc1nc2ccccc2n1C(=O)/C=C/c1ccc([N+](=O)[O-])cc1. The second-order valence-electron chi connectivity index (χ2n) is 5.00. The van der Waals surface area contributed by atoms with Crippen LogP contribution in [-0.2, 0) is 0 Å². The van der Waals surface area contributed by atoms with E-state index in [1.165, 1.54) is 22.8 Å². The molecule has 0 aliphatic carbocycles. The van der Waals surface area contributed by atoms with Gasteiger partial charge in [-0.1, -0.05) is 12.1 Å². The van der Waals surface area contributed by atoms with Crippen LogP contribution in [0.25, 0.3) is 17.1 Å². The van der Waals surface area contributed by atoms with Crippen molar-refractivity contribution in [3.8, 4) is 0 Å². The molecular formula is C17H13N3O3. The Morgan fingerprint density at radius 3 is 2.57 bits per heavy atom. The van der Waals surface area contributed by atoms with Crippen LogP contribution in [0, 0.1) is 17.0 Å². The Kier molecular flexibility index (Phi) is 3.72. The lowest BCUT2D eigenvalue weighted by molar-refractivity contribution is -0.384. The largest absolute Gasteiger partial charge is 0.269 e. The number of nitro benzene ring substituents is 1. The molecule has 6 nitrogen and oxygen atoms in total. The molecule has 3 aromatic rings. The fourth-order valence-corrected chi connectivity index (χ4v) is 2.37. The summed E-state index contributed by atoms with van der Waals surface area (Å²) >= 11 is 0. The predicted molar refractivity (Wildman–Crippen MR) is 87.2 cm³/mol. The van der Waals surface area contributed by atoms with Crippen LogP contribution in [0.5, 0.6) is 0 Å². The Bertz CT molecular complexity index is 924. The maximum absolute atomic E-state index is 12.4. The standard InChI is InChI=1S/C17H13N3O3/c1-12-18-15-4-2-3-5-16(15)19(12)17(21)11-8-13-6-9-14(10-7-13)20(22)23/h2-11H,1H3/b11-8+. The molecule has 1 heterocycles. The van der Waals surface area contributed by atoms with E-state index in [2.05, 4.69) is 4.98 Å². The Morgan fingerprint density at radius 1 is 1.17 bits per heavy atom. The summed E-state index contributed by atoms with van der Waals surface area (Å²) in [6.45, 7) is 1.78. The summed E-state index contributed by atoms with van der Waals surface area (Å²) in [7, 11) is 0. The number of nitro groups is 1. The number of carbonyl (C=O) groups is 1. The minimum absolute atomic E-state index is 0.0184. The van der Waals surface area contributed by atoms with Gasteiger partial charge in [-0.2, -0.15) is 0 Å². The molecule has 0 atom stereocenters. The number of allylic oxidation sites excluding steroid dienone is 1. The van der Waals surface area contributed by atoms with Gasteiger partial charge >= 0.3 is 0 Å². The average Bonchev–Trinajstić information content (AvgIpc) is 2.88. The molecule has 114 valence electrons. The molecule has 0 radical (unpaired) electrons. The number of para-hydroxylation sites is 2. The van der Waals surface area contributed by atoms with E-state index in [0.29, 0.717) is 11.4 Å². The number of aromatic nitrogens is 2. The first-order valence-corrected chi connectivity index (χ1v) is 6.97. The molecule has 0 saturated heterocycles. The normalized spacial score (nSPS) is 11.2. The maximum atomic E-state index is 12.4. The second kappa shape index (κ2) is 5.84. The van der Waals surface area contributed by atoms with E-state index in [4.69, 9.17) is 0 Å². The van der Waals surface area contributed by atoms with Gasteiger partial charge in [-0.05, 0) is 42.8 Å². The quantitative estimate of drug-likeness (QED) is 0.421. The smallest absolute Gasteiger partial charge is 0.269 e. The lowest BCUT2D eigenvalue weighted by Gasteiger charge is -2.01. The summed E-state index contributed by atoms with van der Waals surface area (Å²) in [5.74, 6) is 0.402. The topological polar surface area (TPSA) is 78.0 Å². The number of nitrogens with zero attached hydrogens (tertiary/aromatic N) is 3. The highest BCUT2D eigenvalue weighted by molar-refractivity contribution is 5.99. The number of hydrogen-bond acceptors (Lipinski definition) is 4. The summed E-state index contributed by atoms with van der Waals surface area (Å²) in [6, 6.07) is 13.4. The summed E-state index contributed by atoms with van der Waals surface area (Å²) in [6.07, 6.45) is 3.06. The van der Waals surface area contributed by atoms with Crippen LogP contribution in [0.1, 0.15) is 16.2 Å². The van der Waals surface area contributed by atoms with Gasteiger partial charge in [0.15, 0.2) is 0 Å². The number of imidazole rings is 1. The minimum Gasteiger partial charge on any atom is -0.269 e. The Labute approximate surface area is 131 Å². The number of rotatable bonds is 3. The molecule has 0 amide bonds. The van der Waals surface area contributed by atoms with E-state index in [9.17, 15) is 14.9 Å². The van der Waals surface area contributed by atoms with Gasteiger partial charge in [0, 0.05) is 18.2 Å². The zero-order valence-corrected chi connectivity index (χ0v) is 12.3. The lowest BCUT2D eigenvalue weighted by atomic mass is 10.2. The number of fused-ring (bicyclic) bond motifs is 1. The molecule has 0 saturated carbocycles. The lowest BCUT2D eigenvalue weighted by Crippen LogP contribution is -2.08. The third-order valence-electron chi connectivity index (χ3n) is 3.47. The van der Waals surface area contributed by atoms with Gasteiger partial charge in [-0.15, -0.1) is 0 Å². The molecule has 0 bridgehead atoms. The van der Waals surface area contributed by atoms with Crippen LogP contribution in [0.2, 0.25) is 0 Å². The molecule has 6 heteroatoms. The van der Waals surface area contributed by atoms with Crippen LogP contribution < -0.4 is 0 Å². The van der Waals surface area contributed by atoms with Crippen molar-refractivity contribution < 1.29 is 9.72 Å². The summed E-state index contributed by atoms with van der Waals surface area (Å²) in [4.78, 5) is 26.9. The van der Waals surface area contributed by atoms with E-state index in [-0.39, 0.29) is 11.6 Å². The van der Waals surface area contributed by atoms with Crippen molar-refractivity contribution >= 4 is 28.7 Å². The molecule has 0 unspecified atom stereocenters. The molecule has 1 aromatic heterocycles. The van der Waals surface area contributed by atoms with Crippen LogP contribution in [0.4, 0.5) is 5.69 Å². The molecular weight excluding hydrogens is 294 g/mol. The van der Waals surface area contributed by atoms with Crippen molar-refractivity contribution in [3.05, 3.63) is 76.1 Å². The molecule has 0 spiro atoms. The van der Waals surface area contributed by atoms with Crippen molar-refractivity contribution in [2.24, 2.45) is 0 Å². The minimum atomic E-state index is -0.459. The van der Waals surface area contributed by atoms with Crippen molar-refractivity contribution in [1.82, 2.24) is 9.55 Å². The summed E-state index contributed by atoms with van der Waals surface area (Å²) < 4.78 is 1.54. The predicted octanol–water partition coefficient (Wildman–Crippen LogP) is 3.61. The molecule has 0 N–H and O–H groups in total. The average molecular weight is 307 g/mol. The first-order valence-electron chi connectivity index (χ1n) is 6.97. The molecule has 0 aliphatic rings. The monoisotopic (exact) mass is 307 g/mol. The van der Waals surface area contributed by atoms with E-state index < -0.39 is 4.92 Å². The fraction of sp³-hybridized carbons (Fsp3) is 0.0588. The number of carbonyl (C=O) groups excluding carboxylic acids is 1. The van der Waals surface area contributed by atoms with Crippen LogP contribution in [0.15, 0.2) is 54.6 Å². The zero-order chi connectivity index (χ0) is 16.4. The van der Waals surface area contributed by atoms with Gasteiger partial charge in [0.2, 0.25) is 0 Å². The molecule has 0 aliphatic heterocycles. The van der Waals surface area contributed by atoms with E-state index >= 15 is 0 Å². The Morgan fingerprint density at radius 2 is 1.87 bits per heavy atom. The van der Waals surface area contributed by atoms with Crippen LogP contribution in [-0.4, -0.2) is 20.4 Å². The number of non-ortho nitro benzene ring substituents is 1. The number of aryl methyl sites for hydroxylation is 1. The van der Waals surface area contributed by atoms with Gasteiger partial charge in [-0.3, -0.25) is 19.5 Å². The summed E-state index contributed by atoms with van der Waals surface area (Å²) in [5.41, 5.74) is 2.25. The Balaban J connectivity index is 1.88. The molecule has 3 rings (SSSR count). The summed E-state index contributed by atoms with van der Waals surface area (Å²) in [5, 5.41) is 10.6. The maximum Gasteiger partial charge on any atom is 0.269 e. The van der Waals surface area contributed by atoms with Crippen molar-refractivity contribution in [3.63, 3.8) is 0 Å². The molecule has 2 aromatic carbocycles. The van der Waals surface area contributed by atoms with Gasteiger partial charge in [0.1, 0.15) is 5.82 Å². The van der Waals surface area contributed by atoms with Gasteiger partial charge in [0.05, 0.1) is 16.0 Å². The van der Waals surface area contributed by atoms with E-state index in [0.717, 1.165) is 11.0 Å². The highest BCUT2D eigenvalue weighted by Gasteiger charge is 2.11. The number of benzene rings is 2. The highest BCUT2D eigenvalue weighted by Crippen LogP contribution is 2.16. The first kappa shape index (κ1) is 14.6. The number of hydrogen-bond donors (Lipinski definition) is 0. The van der Waals surface area contributed by atoms with Crippen molar-refractivity contribution in [2.45, 2.75) is 6.92 Å². The highest BCUT2D eigenvalue weighted by atomic mass is 16.6. The van der Waals surface area contributed by atoms with Gasteiger partial charge in [-0.25, -0.2) is 4.98 Å². The van der Waals surface area contributed by atoms with E-state index in [1.54, 1.807) is 25.1 Å². The zero-order valence-electron chi connectivity index (χ0n) is 12.3. The van der Waals surface area contributed by atoms with Gasteiger partial charge < -0.3 is 0 Å².